The minimum atomic E-state index is -0.344. The first-order chi connectivity index (χ1) is 9.59. The fourth-order valence-electron chi connectivity index (χ4n) is 2.93. The molecule has 104 valence electrons. The molecule has 0 fully saturated rings. The molecule has 4 heteroatoms. The lowest BCUT2D eigenvalue weighted by atomic mass is 9.94. The Labute approximate surface area is 117 Å². The van der Waals surface area contributed by atoms with Crippen molar-refractivity contribution in [1.82, 2.24) is 9.55 Å². The van der Waals surface area contributed by atoms with Crippen molar-refractivity contribution in [2.75, 3.05) is 0 Å². The fourth-order valence-corrected chi connectivity index (χ4v) is 2.93. The summed E-state index contributed by atoms with van der Waals surface area (Å²) in [6.45, 7) is 3.77. The minimum absolute atomic E-state index is 0.0654. The maximum atomic E-state index is 12.7. The lowest BCUT2D eigenvalue weighted by Crippen LogP contribution is -2.37. The first kappa shape index (κ1) is 13.0. The molecule has 2 aromatic rings. The molecule has 2 heterocycles. The van der Waals surface area contributed by atoms with Gasteiger partial charge in [0.25, 0.3) is 5.56 Å². The van der Waals surface area contributed by atoms with Gasteiger partial charge in [-0.1, -0.05) is 26.0 Å². The summed E-state index contributed by atoms with van der Waals surface area (Å²) in [5, 5.41) is 0.597. The second-order valence-electron chi connectivity index (χ2n) is 5.69. The second-order valence-corrected chi connectivity index (χ2v) is 5.69. The van der Waals surface area contributed by atoms with Crippen LogP contribution in [0.15, 0.2) is 29.1 Å². The van der Waals surface area contributed by atoms with E-state index in [1.165, 1.54) is 0 Å². The summed E-state index contributed by atoms with van der Waals surface area (Å²) in [7, 11) is 0. The second kappa shape index (κ2) is 4.85. The Bertz CT molecular complexity index is 731. The van der Waals surface area contributed by atoms with Crippen molar-refractivity contribution in [2.45, 2.75) is 39.2 Å². The number of carbonyl (C=O) groups is 1. The van der Waals surface area contributed by atoms with Crippen molar-refractivity contribution in [3.63, 3.8) is 0 Å². The average Bonchev–Trinajstić information content (AvgIpc) is 2.46. The Kier molecular flexibility index (Phi) is 3.16. The molecule has 0 saturated carbocycles. The van der Waals surface area contributed by atoms with Gasteiger partial charge in [-0.15, -0.1) is 0 Å². The SMILES string of the molecule is CC(C)C(=O)C1CCCc2nc3ccccc3c(=O)n21. The summed E-state index contributed by atoms with van der Waals surface area (Å²) >= 11 is 0. The molecule has 20 heavy (non-hydrogen) atoms. The molecule has 1 atom stereocenters. The van der Waals surface area contributed by atoms with Crippen molar-refractivity contribution in [3.8, 4) is 0 Å². The molecule has 0 radical (unpaired) electrons. The highest BCUT2D eigenvalue weighted by Gasteiger charge is 2.29. The third-order valence-electron chi connectivity index (χ3n) is 3.97. The normalized spacial score (nSPS) is 18.2. The van der Waals surface area contributed by atoms with Gasteiger partial charge in [-0.05, 0) is 25.0 Å². The monoisotopic (exact) mass is 270 g/mol. The predicted octanol–water partition coefficient (Wildman–Crippen LogP) is 2.50. The van der Waals surface area contributed by atoms with Crippen LogP contribution in [0.3, 0.4) is 0 Å². The molecular formula is C16H18N2O2. The van der Waals surface area contributed by atoms with Crippen LogP contribution in [-0.4, -0.2) is 15.3 Å². The quantitative estimate of drug-likeness (QED) is 0.842. The topological polar surface area (TPSA) is 52.0 Å². The highest BCUT2D eigenvalue weighted by atomic mass is 16.1. The van der Waals surface area contributed by atoms with Gasteiger partial charge in [0.05, 0.1) is 16.9 Å². The first-order valence-electron chi connectivity index (χ1n) is 7.13. The van der Waals surface area contributed by atoms with E-state index in [1.807, 2.05) is 32.0 Å². The molecular weight excluding hydrogens is 252 g/mol. The Morgan fingerprint density at radius 1 is 1.35 bits per heavy atom. The summed E-state index contributed by atoms with van der Waals surface area (Å²) in [4.78, 5) is 29.6. The van der Waals surface area contributed by atoms with Crippen LogP contribution in [0, 0.1) is 5.92 Å². The van der Waals surface area contributed by atoms with E-state index < -0.39 is 0 Å². The number of fused-ring (bicyclic) bond motifs is 2. The lowest BCUT2D eigenvalue weighted by molar-refractivity contribution is -0.125. The van der Waals surface area contributed by atoms with Crippen molar-refractivity contribution in [3.05, 3.63) is 40.4 Å². The third-order valence-corrected chi connectivity index (χ3v) is 3.97. The molecule has 0 aliphatic carbocycles. The summed E-state index contributed by atoms with van der Waals surface area (Å²) in [5.74, 6) is 0.813. The van der Waals surface area contributed by atoms with Crippen molar-refractivity contribution in [2.24, 2.45) is 5.92 Å². The number of carbonyl (C=O) groups excluding carboxylic acids is 1. The van der Waals surface area contributed by atoms with Crippen molar-refractivity contribution >= 4 is 16.7 Å². The Morgan fingerprint density at radius 2 is 2.10 bits per heavy atom. The molecule has 1 aliphatic heterocycles. The molecule has 0 saturated heterocycles. The molecule has 0 N–H and O–H groups in total. The molecule has 1 unspecified atom stereocenters. The maximum Gasteiger partial charge on any atom is 0.262 e. The number of Topliss-reactive ketones (excluding diaryl/α,β-unsaturated/α-hetero) is 1. The Balaban J connectivity index is 2.25. The fraction of sp³-hybridized carbons (Fsp3) is 0.438. The zero-order chi connectivity index (χ0) is 14.3. The Hall–Kier alpha value is -1.97. The van der Waals surface area contributed by atoms with Crippen LogP contribution in [0.1, 0.15) is 38.6 Å². The van der Waals surface area contributed by atoms with Gasteiger partial charge in [0.15, 0.2) is 5.78 Å². The number of nitrogens with zero attached hydrogens (tertiary/aromatic N) is 2. The van der Waals surface area contributed by atoms with Gasteiger partial charge in [-0.2, -0.15) is 0 Å². The van der Waals surface area contributed by atoms with E-state index in [0.717, 1.165) is 30.6 Å². The summed E-state index contributed by atoms with van der Waals surface area (Å²) < 4.78 is 1.63. The number of para-hydroxylation sites is 1. The van der Waals surface area contributed by atoms with Gasteiger partial charge in [0, 0.05) is 12.3 Å². The molecule has 0 spiro atoms. The number of hydrogen-bond donors (Lipinski definition) is 0. The Morgan fingerprint density at radius 3 is 2.85 bits per heavy atom. The number of aryl methyl sites for hydroxylation is 1. The van der Waals surface area contributed by atoms with Gasteiger partial charge in [-0.25, -0.2) is 4.98 Å². The smallest absolute Gasteiger partial charge is 0.262 e. The largest absolute Gasteiger partial charge is 0.297 e. The number of rotatable bonds is 2. The van der Waals surface area contributed by atoms with Crippen LogP contribution < -0.4 is 5.56 Å². The van der Waals surface area contributed by atoms with Gasteiger partial charge in [-0.3, -0.25) is 14.2 Å². The number of ketones is 1. The van der Waals surface area contributed by atoms with Crippen molar-refractivity contribution in [1.29, 1.82) is 0 Å². The molecule has 1 aromatic carbocycles. The predicted molar refractivity (Wildman–Crippen MR) is 77.8 cm³/mol. The minimum Gasteiger partial charge on any atom is -0.297 e. The van der Waals surface area contributed by atoms with E-state index in [2.05, 4.69) is 4.98 Å². The summed E-state index contributed by atoms with van der Waals surface area (Å²) in [5.41, 5.74) is 0.644. The van der Waals surface area contributed by atoms with Crippen LogP contribution in [0.4, 0.5) is 0 Å². The van der Waals surface area contributed by atoms with Gasteiger partial charge >= 0.3 is 0 Å². The van der Waals surface area contributed by atoms with Crippen molar-refractivity contribution < 1.29 is 4.79 Å². The molecule has 3 rings (SSSR count). The maximum absolute atomic E-state index is 12.7. The van der Waals surface area contributed by atoms with Crippen LogP contribution >= 0.6 is 0 Å². The van der Waals surface area contributed by atoms with Gasteiger partial charge < -0.3 is 0 Å². The molecule has 0 bridgehead atoms. The van der Waals surface area contributed by atoms with E-state index in [9.17, 15) is 9.59 Å². The summed E-state index contributed by atoms with van der Waals surface area (Å²) in [6, 6.07) is 7.00. The van der Waals surface area contributed by atoms with E-state index in [1.54, 1.807) is 10.6 Å². The standard InChI is InChI=1S/C16H18N2O2/c1-10(2)15(19)13-8-5-9-14-17-12-7-4-3-6-11(12)16(20)18(13)14/h3-4,6-7,10,13H,5,8-9H2,1-2H3. The van der Waals surface area contributed by atoms with Crippen LogP contribution in [-0.2, 0) is 11.2 Å². The van der Waals surface area contributed by atoms with E-state index in [-0.39, 0.29) is 23.3 Å². The molecule has 1 aliphatic rings. The molecule has 1 aromatic heterocycles. The first-order valence-corrected chi connectivity index (χ1v) is 7.13. The van der Waals surface area contributed by atoms with Gasteiger partial charge in [0.1, 0.15) is 5.82 Å². The summed E-state index contributed by atoms with van der Waals surface area (Å²) in [6.07, 6.45) is 2.42. The van der Waals surface area contributed by atoms with Gasteiger partial charge in [0.2, 0.25) is 0 Å². The number of benzene rings is 1. The molecule has 0 amide bonds. The van der Waals surface area contributed by atoms with Crippen LogP contribution in [0.2, 0.25) is 0 Å². The number of aromatic nitrogens is 2. The average molecular weight is 270 g/mol. The van der Waals surface area contributed by atoms with E-state index in [0.29, 0.717) is 5.39 Å². The zero-order valence-corrected chi connectivity index (χ0v) is 11.8. The van der Waals surface area contributed by atoms with E-state index >= 15 is 0 Å². The van der Waals surface area contributed by atoms with Crippen LogP contribution in [0.25, 0.3) is 10.9 Å². The number of hydrogen-bond acceptors (Lipinski definition) is 3. The third kappa shape index (κ3) is 1.96. The lowest BCUT2D eigenvalue weighted by Gasteiger charge is -2.27. The van der Waals surface area contributed by atoms with Crippen LogP contribution in [0.5, 0.6) is 0 Å². The zero-order valence-electron chi connectivity index (χ0n) is 11.8. The van der Waals surface area contributed by atoms with E-state index in [4.69, 9.17) is 0 Å². The molecule has 4 nitrogen and oxygen atoms in total. The highest BCUT2D eigenvalue weighted by molar-refractivity contribution is 5.85. The highest BCUT2D eigenvalue weighted by Crippen LogP contribution is 2.26.